The normalized spacial score (nSPS) is 11.3. The van der Waals surface area contributed by atoms with Gasteiger partial charge in [-0.2, -0.15) is 5.10 Å². The summed E-state index contributed by atoms with van der Waals surface area (Å²) in [4.78, 5) is 20.9. The number of hydrazone groups is 1. The van der Waals surface area contributed by atoms with Crippen LogP contribution >= 0.6 is 23.4 Å². The van der Waals surface area contributed by atoms with Gasteiger partial charge in [-0.15, -0.1) is 0 Å². The molecule has 4 rings (SSSR count). The van der Waals surface area contributed by atoms with Gasteiger partial charge in [-0.25, -0.2) is 15.4 Å². The van der Waals surface area contributed by atoms with Crippen molar-refractivity contribution in [2.45, 2.75) is 5.03 Å². The standard InChI is InChI=1S/C21H15ClN4OS/c22-21-16(11-15-6-2-4-8-18(15)25-21)12-23-26-19(27)13-28-20-10-9-14-5-1-3-7-17(14)24-20/h1-12H,13H2,(H,26,27)/b23-12-. The smallest absolute Gasteiger partial charge is 0.250 e. The lowest BCUT2D eigenvalue weighted by molar-refractivity contribution is -0.118. The lowest BCUT2D eigenvalue weighted by atomic mass is 10.2. The van der Waals surface area contributed by atoms with E-state index in [4.69, 9.17) is 11.6 Å². The Labute approximate surface area is 170 Å². The number of hydrogen-bond acceptors (Lipinski definition) is 5. The third-order valence-corrected chi connectivity index (χ3v) is 5.25. The molecule has 0 aliphatic rings. The van der Waals surface area contributed by atoms with E-state index >= 15 is 0 Å². The number of thioether (sulfide) groups is 1. The minimum atomic E-state index is -0.221. The van der Waals surface area contributed by atoms with Crippen molar-refractivity contribution in [3.8, 4) is 0 Å². The minimum Gasteiger partial charge on any atom is -0.272 e. The van der Waals surface area contributed by atoms with Crippen molar-refractivity contribution in [1.29, 1.82) is 0 Å². The van der Waals surface area contributed by atoms with Crippen LogP contribution in [0.4, 0.5) is 0 Å². The van der Waals surface area contributed by atoms with E-state index < -0.39 is 0 Å². The predicted octanol–water partition coefficient (Wildman–Crippen LogP) is 4.68. The maximum Gasteiger partial charge on any atom is 0.250 e. The van der Waals surface area contributed by atoms with E-state index in [2.05, 4.69) is 20.5 Å². The number of aromatic nitrogens is 2. The molecule has 0 saturated heterocycles. The molecule has 0 aliphatic carbocycles. The molecular formula is C21H15ClN4OS. The van der Waals surface area contributed by atoms with Gasteiger partial charge in [-0.3, -0.25) is 4.79 Å². The highest BCUT2D eigenvalue weighted by Gasteiger charge is 2.05. The first-order valence-electron chi connectivity index (χ1n) is 8.55. The molecular weight excluding hydrogens is 392 g/mol. The number of carbonyl (C=O) groups excluding carboxylic acids is 1. The summed E-state index contributed by atoms with van der Waals surface area (Å²) in [5.74, 6) is -0.00656. The van der Waals surface area contributed by atoms with E-state index in [9.17, 15) is 4.79 Å². The van der Waals surface area contributed by atoms with Crippen LogP contribution < -0.4 is 5.43 Å². The van der Waals surface area contributed by atoms with Crippen LogP contribution in [0.25, 0.3) is 21.8 Å². The van der Waals surface area contributed by atoms with E-state index in [1.54, 1.807) is 0 Å². The van der Waals surface area contributed by atoms with Crippen LogP contribution in [0.2, 0.25) is 5.15 Å². The predicted molar refractivity (Wildman–Crippen MR) is 115 cm³/mol. The summed E-state index contributed by atoms with van der Waals surface area (Å²) in [5, 5.41) is 7.15. The number of halogens is 1. The quantitative estimate of drug-likeness (QED) is 0.226. The number of benzene rings is 2. The van der Waals surface area contributed by atoms with Crippen molar-refractivity contribution in [2.24, 2.45) is 5.10 Å². The highest BCUT2D eigenvalue weighted by Crippen LogP contribution is 2.20. The molecule has 138 valence electrons. The molecule has 0 atom stereocenters. The Balaban J connectivity index is 1.36. The number of pyridine rings is 2. The number of carbonyl (C=O) groups is 1. The van der Waals surface area contributed by atoms with Crippen LogP contribution in [0, 0.1) is 0 Å². The second kappa shape index (κ2) is 8.37. The number of hydrogen-bond donors (Lipinski definition) is 1. The topological polar surface area (TPSA) is 67.2 Å². The molecule has 2 aromatic heterocycles. The number of para-hydroxylation sites is 2. The molecule has 2 aromatic carbocycles. The zero-order valence-corrected chi connectivity index (χ0v) is 16.2. The van der Waals surface area contributed by atoms with E-state index in [1.807, 2.05) is 66.7 Å². The highest BCUT2D eigenvalue weighted by molar-refractivity contribution is 7.99. The van der Waals surface area contributed by atoms with Crippen LogP contribution in [0.15, 0.2) is 76.9 Å². The number of nitrogens with zero attached hydrogens (tertiary/aromatic N) is 3. The maximum absolute atomic E-state index is 12.0. The van der Waals surface area contributed by atoms with Gasteiger partial charge in [-0.1, -0.05) is 65.8 Å². The molecule has 0 spiro atoms. The molecule has 0 bridgehead atoms. The summed E-state index contributed by atoms with van der Waals surface area (Å²) in [5.41, 5.74) is 4.87. The lowest BCUT2D eigenvalue weighted by Crippen LogP contribution is -2.19. The van der Waals surface area contributed by atoms with Gasteiger partial charge < -0.3 is 0 Å². The molecule has 7 heteroatoms. The minimum absolute atomic E-state index is 0.215. The molecule has 4 aromatic rings. The SMILES string of the molecule is O=C(CSc1ccc2ccccc2n1)N/N=C\c1cc2ccccc2nc1Cl. The Morgan fingerprint density at radius 3 is 2.54 bits per heavy atom. The van der Waals surface area contributed by atoms with Crippen LogP contribution in [0.5, 0.6) is 0 Å². The Morgan fingerprint density at radius 1 is 1.00 bits per heavy atom. The first-order chi connectivity index (χ1) is 13.7. The van der Waals surface area contributed by atoms with Gasteiger partial charge in [0.1, 0.15) is 5.15 Å². The summed E-state index contributed by atoms with van der Waals surface area (Å²) in [6, 6.07) is 21.3. The highest BCUT2D eigenvalue weighted by atomic mass is 35.5. The fraction of sp³-hybridized carbons (Fsp3) is 0.0476. The van der Waals surface area contributed by atoms with Gasteiger partial charge in [0.25, 0.3) is 0 Å². The van der Waals surface area contributed by atoms with Crippen molar-refractivity contribution < 1.29 is 4.79 Å². The number of rotatable bonds is 5. The van der Waals surface area contributed by atoms with E-state index in [0.29, 0.717) is 10.7 Å². The molecule has 0 fully saturated rings. The molecule has 2 heterocycles. The van der Waals surface area contributed by atoms with Gasteiger partial charge in [-0.05, 0) is 24.3 Å². The van der Waals surface area contributed by atoms with Gasteiger partial charge in [0.2, 0.25) is 5.91 Å². The van der Waals surface area contributed by atoms with E-state index in [0.717, 1.165) is 26.8 Å². The van der Waals surface area contributed by atoms with Gasteiger partial charge in [0.15, 0.2) is 0 Å². The fourth-order valence-corrected chi connectivity index (χ4v) is 3.54. The van der Waals surface area contributed by atoms with Crippen LogP contribution in [0.1, 0.15) is 5.56 Å². The van der Waals surface area contributed by atoms with Crippen molar-refractivity contribution in [3.63, 3.8) is 0 Å². The molecule has 1 amide bonds. The summed E-state index contributed by atoms with van der Waals surface area (Å²) in [6.45, 7) is 0. The zero-order valence-electron chi connectivity index (χ0n) is 14.7. The van der Waals surface area contributed by atoms with E-state index in [-0.39, 0.29) is 11.7 Å². The molecule has 28 heavy (non-hydrogen) atoms. The van der Waals surface area contributed by atoms with Crippen molar-refractivity contribution in [2.75, 3.05) is 5.75 Å². The molecule has 0 radical (unpaired) electrons. The Hall–Kier alpha value is -2.96. The Kier molecular flexibility index (Phi) is 5.50. The molecule has 0 aliphatic heterocycles. The molecule has 1 N–H and O–H groups in total. The van der Waals surface area contributed by atoms with Crippen molar-refractivity contribution in [1.82, 2.24) is 15.4 Å². The fourth-order valence-electron chi connectivity index (χ4n) is 2.67. The van der Waals surface area contributed by atoms with E-state index in [1.165, 1.54) is 18.0 Å². The third-order valence-electron chi connectivity index (χ3n) is 4.02. The van der Waals surface area contributed by atoms with Crippen LogP contribution in [-0.4, -0.2) is 27.8 Å². The summed E-state index contributed by atoms with van der Waals surface area (Å²) in [6.07, 6.45) is 1.50. The summed E-state index contributed by atoms with van der Waals surface area (Å²) in [7, 11) is 0. The molecule has 5 nitrogen and oxygen atoms in total. The van der Waals surface area contributed by atoms with Gasteiger partial charge in [0.05, 0.1) is 28.0 Å². The zero-order chi connectivity index (χ0) is 19.3. The lowest BCUT2D eigenvalue weighted by Gasteiger charge is -2.03. The monoisotopic (exact) mass is 406 g/mol. The first kappa shape index (κ1) is 18.4. The van der Waals surface area contributed by atoms with Crippen molar-refractivity contribution >= 4 is 57.3 Å². The first-order valence-corrected chi connectivity index (χ1v) is 9.91. The second-order valence-electron chi connectivity index (χ2n) is 5.99. The van der Waals surface area contributed by atoms with Gasteiger partial charge >= 0.3 is 0 Å². The summed E-state index contributed by atoms with van der Waals surface area (Å²) < 4.78 is 0. The average molecular weight is 407 g/mol. The number of amides is 1. The number of fused-ring (bicyclic) bond motifs is 2. The Bertz CT molecular complexity index is 1200. The third kappa shape index (κ3) is 4.30. The van der Waals surface area contributed by atoms with Crippen molar-refractivity contribution in [3.05, 3.63) is 77.4 Å². The largest absolute Gasteiger partial charge is 0.272 e. The Morgan fingerprint density at radius 2 is 1.71 bits per heavy atom. The summed E-state index contributed by atoms with van der Waals surface area (Å²) >= 11 is 7.54. The average Bonchev–Trinajstić information content (AvgIpc) is 2.72. The van der Waals surface area contributed by atoms with Crippen LogP contribution in [0.3, 0.4) is 0 Å². The van der Waals surface area contributed by atoms with Crippen LogP contribution in [-0.2, 0) is 4.79 Å². The molecule has 0 unspecified atom stereocenters. The second-order valence-corrected chi connectivity index (χ2v) is 7.34. The molecule has 0 saturated carbocycles. The maximum atomic E-state index is 12.0. The van der Waals surface area contributed by atoms with Gasteiger partial charge in [0, 0.05) is 16.3 Å². The number of nitrogens with one attached hydrogen (secondary N) is 1.